The molecule has 2 aromatic carbocycles. The Bertz CT molecular complexity index is 730. The van der Waals surface area contributed by atoms with Crippen LogP contribution in [-0.2, 0) is 6.42 Å². The number of nitrogens with one attached hydrogen (secondary N) is 2. The van der Waals surface area contributed by atoms with E-state index < -0.39 is 0 Å². The minimum Gasteiger partial charge on any atom is -0.377 e. The number of nitrogens with zero attached hydrogens (tertiary/aromatic N) is 1. The highest BCUT2D eigenvalue weighted by Crippen LogP contribution is 2.16. The molecule has 25 heavy (non-hydrogen) atoms. The molecule has 0 saturated heterocycles. The minimum absolute atomic E-state index is 0.178. The topological polar surface area (TPSA) is 44.4 Å². The molecular weight excluding hydrogens is 310 g/mol. The van der Waals surface area contributed by atoms with Crippen molar-refractivity contribution in [2.45, 2.75) is 12.8 Å². The monoisotopic (exact) mass is 335 g/mol. The van der Waals surface area contributed by atoms with Crippen molar-refractivity contribution in [2.75, 3.05) is 32.1 Å². The van der Waals surface area contributed by atoms with E-state index in [0.717, 1.165) is 24.1 Å². The molecule has 2 rings (SSSR count). The molecule has 0 unspecified atom stereocenters. The lowest BCUT2D eigenvalue weighted by Gasteiger charge is -2.13. The first-order valence-corrected chi connectivity index (χ1v) is 8.47. The van der Waals surface area contributed by atoms with Gasteiger partial charge in [-0.25, -0.2) is 4.79 Å². The summed E-state index contributed by atoms with van der Waals surface area (Å²) in [6.07, 6.45) is 1.88. The second-order valence-corrected chi connectivity index (χ2v) is 5.91. The summed E-state index contributed by atoms with van der Waals surface area (Å²) in [5.41, 5.74) is 3.31. The van der Waals surface area contributed by atoms with Crippen LogP contribution in [0.25, 0.3) is 0 Å². The van der Waals surface area contributed by atoms with Crippen molar-refractivity contribution in [1.29, 1.82) is 0 Å². The molecule has 2 aromatic rings. The number of aryl methyl sites for hydroxylation is 1. The van der Waals surface area contributed by atoms with E-state index in [-0.39, 0.29) is 6.03 Å². The van der Waals surface area contributed by atoms with Crippen LogP contribution in [0.15, 0.2) is 54.6 Å². The maximum absolute atomic E-state index is 11.7. The maximum Gasteiger partial charge on any atom is 0.315 e. The lowest BCUT2D eigenvalue weighted by Crippen LogP contribution is -2.36. The van der Waals surface area contributed by atoms with Crippen LogP contribution in [0.4, 0.5) is 10.5 Å². The Morgan fingerprint density at radius 3 is 2.48 bits per heavy atom. The number of rotatable bonds is 6. The smallest absolute Gasteiger partial charge is 0.315 e. The Balaban J connectivity index is 1.68. The predicted octanol–water partition coefficient (Wildman–Crippen LogP) is 3.04. The van der Waals surface area contributed by atoms with Gasteiger partial charge in [0, 0.05) is 26.2 Å². The minimum atomic E-state index is -0.178. The van der Waals surface area contributed by atoms with E-state index in [1.165, 1.54) is 5.56 Å². The molecule has 0 saturated carbocycles. The molecule has 130 valence electrons. The van der Waals surface area contributed by atoms with E-state index in [9.17, 15) is 4.79 Å². The van der Waals surface area contributed by atoms with Crippen molar-refractivity contribution in [2.24, 2.45) is 0 Å². The lowest BCUT2D eigenvalue weighted by atomic mass is 10.1. The highest BCUT2D eigenvalue weighted by Gasteiger charge is 2.00. The summed E-state index contributed by atoms with van der Waals surface area (Å²) in [5.74, 6) is 6.10. The second kappa shape index (κ2) is 10.0. The third-order valence-electron chi connectivity index (χ3n) is 3.72. The first-order chi connectivity index (χ1) is 12.2. The standard InChI is InChI=1S/C21H25N3O/c1-24(2)20-15-7-6-13-19(20)14-9-17-23-21(25)22-16-8-12-18-10-4-3-5-11-18/h3-7,10-11,13,15H,8,12,16-17H2,1-2H3,(H2,22,23,25). The molecule has 0 aliphatic rings. The van der Waals surface area contributed by atoms with Crippen LogP contribution >= 0.6 is 0 Å². The van der Waals surface area contributed by atoms with Crippen molar-refractivity contribution in [3.8, 4) is 11.8 Å². The molecule has 4 nitrogen and oxygen atoms in total. The van der Waals surface area contributed by atoms with Gasteiger partial charge in [-0.2, -0.15) is 0 Å². The van der Waals surface area contributed by atoms with Crippen LogP contribution in [0, 0.1) is 11.8 Å². The molecule has 0 atom stereocenters. The number of benzene rings is 2. The quantitative estimate of drug-likeness (QED) is 0.629. The van der Waals surface area contributed by atoms with Gasteiger partial charge in [0.1, 0.15) is 0 Å². The van der Waals surface area contributed by atoms with Crippen LogP contribution in [0.2, 0.25) is 0 Å². The number of anilines is 1. The van der Waals surface area contributed by atoms with Crippen LogP contribution in [0.1, 0.15) is 17.5 Å². The number of hydrogen-bond donors (Lipinski definition) is 2. The number of amides is 2. The summed E-state index contributed by atoms with van der Waals surface area (Å²) in [4.78, 5) is 13.8. The van der Waals surface area contributed by atoms with Gasteiger partial charge in [0.05, 0.1) is 12.2 Å². The Morgan fingerprint density at radius 2 is 1.72 bits per heavy atom. The highest BCUT2D eigenvalue weighted by atomic mass is 16.2. The summed E-state index contributed by atoms with van der Waals surface area (Å²) in [6.45, 7) is 0.976. The molecule has 2 amide bonds. The summed E-state index contributed by atoms with van der Waals surface area (Å²) >= 11 is 0. The van der Waals surface area contributed by atoms with Gasteiger partial charge in [-0.15, -0.1) is 0 Å². The SMILES string of the molecule is CN(C)c1ccccc1C#CCNC(=O)NCCCc1ccccc1. The van der Waals surface area contributed by atoms with Gasteiger partial charge in [-0.05, 0) is 30.5 Å². The average Bonchev–Trinajstić information content (AvgIpc) is 2.63. The number of carbonyl (C=O) groups is 1. The molecule has 0 aliphatic carbocycles. The fourth-order valence-electron chi connectivity index (χ4n) is 2.43. The largest absolute Gasteiger partial charge is 0.377 e. The van der Waals surface area contributed by atoms with Gasteiger partial charge in [-0.3, -0.25) is 0 Å². The highest BCUT2D eigenvalue weighted by molar-refractivity contribution is 5.74. The first-order valence-electron chi connectivity index (χ1n) is 8.47. The van der Waals surface area contributed by atoms with E-state index in [4.69, 9.17) is 0 Å². The van der Waals surface area contributed by atoms with Gasteiger partial charge in [0.25, 0.3) is 0 Å². The van der Waals surface area contributed by atoms with Crippen LogP contribution < -0.4 is 15.5 Å². The van der Waals surface area contributed by atoms with Crippen LogP contribution in [-0.4, -0.2) is 33.2 Å². The third kappa shape index (κ3) is 6.60. The zero-order valence-corrected chi connectivity index (χ0v) is 14.9. The first kappa shape index (κ1) is 18.4. The van der Waals surface area contributed by atoms with Crippen molar-refractivity contribution >= 4 is 11.7 Å². The molecule has 0 aromatic heterocycles. The zero-order valence-electron chi connectivity index (χ0n) is 14.9. The van der Waals surface area contributed by atoms with Gasteiger partial charge < -0.3 is 15.5 Å². The van der Waals surface area contributed by atoms with E-state index in [0.29, 0.717) is 13.1 Å². The van der Waals surface area contributed by atoms with E-state index >= 15 is 0 Å². The summed E-state index contributed by atoms with van der Waals surface area (Å²) in [7, 11) is 3.98. The van der Waals surface area contributed by atoms with E-state index in [1.54, 1.807) is 0 Å². The van der Waals surface area contributed by atoms with Gasteiger partial charge in [0.15, 0.2) is 0 Å². The Hall–Kier alpha value is -2.93. The fourth-order valence-corrected chi connectivity index (χ4v) is 2.43. The van der Waals surface area contributed by atoms with Gasteiger partial charge in [-0.1, -0.05) is 54.3 Å². The van der Waals surface area contributed by atoms with Gasteiger partial charge in [0.2, 0.25) is 0 Å². The molecule has 0 spiro atoms. The van der Waals surface area contributed by atoms with Crippen molar-refractivity contribution < 1.29 is 4.79 Å². The Morgan fingerprint density at radius 1 is 1.00 bits per heavy atom. The molecule has 2 N–H and O–H groups in total. The molecule has 0 heterocycles. The molecule has 4 heteroatoms. The van der Waals surface area contributed by atoms with E-state index in [1.807, 2.05) is 61.5 Å². The molecule has 0 fully saturated rings. The normalized spacial score (nSPS) is 9.68. The Labute approximate surface area is 150 Å². The second-order valence-electron chi connectivity index (χ2n) is 5.91. The summed E-state index contributed by atoms with van der Waals surface area (Å²) in [5, 5.41) is 5.62. The van der Waals surface area contributed by atoms with Crippen LogP contribution in [0.3, 0.4) is 0 Å². The van der Waals surface area contributed by atoms with Gasteiger partial charge >= 0.3 is 6.03 Å². The number of para-hydroxylation sites is 1. The zero-order chi connectivity index (χ0) is 17.9. The number of hydrogen-bond acceptors (Lipinski definition) is 2. The third-order valence-corrected chi connectivity index (χ3v) is 3.72. The van der Waals surface area contributed by atoms with Crippen LogP contribution in [0.5, 0.6) is 0 Å². The average molecular weight is 335 g/mol. The fraction of sp³-hybridized carbons (Fsp3) is 0.286. The molecule has 0 bridgehead atoms. The van der Waals surface area contributed by atoms with Crippen molar-refractivity contribution in [3.63, 3.8) is 0 Å². The number of urea groups is 1. The maximum atomic E-state index is 11.7. The summed E-state index contributed by atoms with van der Waals surface area (Å²) < 4.78 is 0. The lowest BCUT2D eigenvalue weighted by molar-refractivity contribution is 0.242. The van der Waals surface area contributed by atoms with Crippen molar-refractivity contribution in [1.82, 2.24) is 10.6 Å². The number of carbonyl (C=O) groups excluding carboxylic acids is 1. The molecular formula is C21H25N3O. The predicted molar refractivity (Wildman–Crippen MR) is 104 cm³/mol. The van der Waals surface area contributed by atoms with Crippen molar-refractivity contribution in [3.05, 3.63) is 65.7 Å². The molecule has 0 aliphatic heterocycles. The summed E-state index contributed by atoms with van der Waals surface area (Å²) in [6, 6.07) is 18.0. The Kier molecular flexibility index (Phi) is 7.40. The molecule has 0 radical (unpaired) electrons. The van der Waals surface area contributed by atoms with E-state index in [2.05, 4.69) is 34.6 Å².